The Morgan fingerprint density at radius 3 is 2.74 bits per heavy atom. The van der Waals surface area contributed by atoms with Crippen LogP contribution in [0.3, 0.4) is 0 Å². The summed E-state index contributed by atoms with van der Waals surface area (Å²) in [6.45, 7) is 7.24. The molecule has 1 heterocycles. The molecule has 0 radical (unpaired) electrons. The molecule has 1 fully saturated rings. The molecular formula is C15H27N3O. The van der Waals surface area contributed by atoms with E-state index in [0.29, 0.717) is 6.04 Å². The molecule has 1 aromatic rings. The van der Waals surface area contributed by atoms with E-state index in [9.17, 15) is 0 Å². The van der Waals surface area contributed by atoms with Crippen LogP contribution in [0.25, 0.3) is 0 Å². The molecule has 1 saturated carbocycles. The largest absolute Gasteiger partial charge is 0.383 e. The van der Waals surface area contributed by atoms with Gasteiger partial charge in [-0.05, 0) is 31.1 Å². The zero-order valence-electron chi connectivity index (χ0n) is 12.4. The average Bonchev–Trinajstić information content (AvgIpc) is 2.82. The Morgan fingerprint density at radius 2 is 2.05 bits per heavy atom. The molecule has 0 amide bonds. The van der Waals surface area contributed by atoms with E-state index < -0.39 is 0 Å². The highest BCUT2D eigenvalue weighted by molar-refractivity contribution is 5.04. The molecule has 0 aliphatic heterocycles. The van der Waals surface area contributed by atoms with Gasteiger partial charge in [-0.1, -0.05) is 13.8 Å². The molecule has 0 saturated heterocycles. The quantitative estimate of drug-likeness (QED) is 0.804. The Labute approximate surface area is 116 Å². The molecule has 0 aromatic carbocycles. The Morgan fingerprint density at radius 1 is 1.32 bits per heavy atom. The lowest BCUT2D eigenvalue weighted by Crippen LogP contribution is -2.23. The molecule has 1 N–H and O–H groups in total. The first kappa shape index (κ1) is 14.5. The molecular weight excluding hydrogens is 238 g/mol. The first-order valence-electron chi connectivity index (χ1n) is 7.41. The molecule has 2 rings (SSSR count). The standard InChI is InChI=1S/C15H27N3O/c1-12-6-13(2)8-15(7-12)18-11-14(10-17-18)9-16-4-5-19-3/h10-13,15-16H,4-9H2,1-3H3. The van der Waals surface area contributed by atoms with Crippen molar-refractivity contribution in [1.29, 1.82) is 0 Å². The molecule has 108 valence electrons. The summed E-state index contributed by atoms with van der Waals surface area (Å²) >= 11 is 0. The summed E-state index contributed by atoms with van der Waals surface area (Å²) in [5.74, 6) is 1.64. The lowest BCUT2D eigenvalue weighted by Gasteiger charge is -2.31. The molecule has 2 unspecified atom stereocenters. The van der Waals surface area contributed by atoms with Gasteiger partial charge in [-0.25, -0.2) is 0 Å². The second kappa shape index (κ2) is 7.06. The number of rotatable bonds is 6. The first-order chi connectivity index (χ1) is 9.19. The van der Waals surface area contributed by atoms with E-state index in [1.807, 2.05) is 6.20 Å². The number of methoxy groups -OCH3 is 1. The fraction of sp³-hybridized carbons (Fsp3) is 0.800. The van der Waals surface area contributed by atoms with Gasteiger partial charge in [0, 0.05) is 32.0 Å². The monoisotopic (exact) mass is 265 g/mol. The van der Waals surface area contributed by atoms with Crippen molar-refractivity contribution in [2.75, 3.05) is 20.3 Å². The summed E-state index contributed by atoms with van der Waals surface area (Å²) in [7, 11) is 1.73. The Bertz CT molecular complexity index is 367. The highest BCUT2D eigenvalue weighted by atomic mass is 16.5. The van der Waals surface area contributed by atoms with Crippen molar-refractivity contribution in [3.05, 3.63) is 18.0 Å². The molecule has 0 spiro atoms. The maximum absolute atomic E-state index is 5.02. The number of aromatic nitrogens is 2. The molecule has 4 nitrogen and oxygen atoms in total. The Balaban J connectivity index is 1.85. The van der Waals surface area contributed by atoms with E-state index >= 15 is 0 Å². The highest BCUT2D eigenvalue weighted by Gasteiger charge is 2.25. The van der Waals surface area contributed by atoms with Crippen molar-refractivity contribution in [2.45, 2.75) is 45.7 Å². The van der Waals surface area contributed by atoms with E-state index in [0.717, 1.165) is 31.5 Å². The van der Waals surface area contributed by atoms with Crippen molar-refractivity contribution in [1.82, 2.24) is 15.1 Å². The smallest absolute Gasteiger partial charge is 0.0587 e. The van der Waals surface area contributed by atoms with Crippen LogP contribution in [-0.2, 0) is 11.3 Å². The predicted octanol–water partition coefficient (Wildman–Crippen LogP) is 2.62. The van der Waals surface area contributed by atoms with Crippen LogP contribution in [0.5, 0.6) is 0 Å². The number of ether oxygens (including phenoxy) is 1. The van der Waals surface area contributed by atoms with Crippen molar-refractivity contribution < 1.29 is 4.74 Å². The minimum atomic E-state index is 0.589. The summed E-state index contributed by atoms with van der Waals surface area (Å²) in [6.07, 6.45) is 8.09. The van der Waals surface area contributed by atoms with Gasteiger partial charge in [0.2, 0.25) is 0 Å². The van der Waals surface area contributed by atoms with Gasteiger partial charge in [0.15, 0.2) is 0 Å². The van der Waals surface area contributed by atoms with Gasteiger partial charge in [-0.15, -0.1) is 0 Å². The summed E-state index contributed by atoms with van der Waals surface area (Å²) in [6, 6.07) is 0.589. The van der Waals surface area contributed by atoms with Crippen LogP contribution in [-0.4, -0.2) is 30.0 Å². The summed E-state index contributed by atoms with van der Waals surface area (Å²) in [5, 5.41) is 7.91. The van der Waals surface area contributed by atoms with E-state index in [1.54, 1.807) is 7.11 Å². The summed E-state index contributed by atoms with van der Waals surface area (Å²) < 4.78 is 7.20. The van der Waals surface area contributed by atoms with Crippen molar-refractivity contribution in [2.24, 2.45) is 11.8 Å². The molecule has 1 aromatic heterocycles. The predicted molar refractivity (Wildman–Crippen MR) is 77.0 cm³/mol. The normalized spacial score (nSPS) is 27.6. The topological polar surface area (TPSA) is 39.1 Å². The Kier molecular flexibility index (Phi) is 5.40. The van der Waals surface area contributed by atoms with Crippen LogP contribution in [0.2, 0.25) is 0 Å². The third-order valence-corrected chi connectivity index (χ3v) is 3.99. The Hall–Kier alpha value is -0.870. The average molecular weight is 265 g/mol. The SMILES string of the molecule is COCCNCc1cnn(C2CC(C)CC(C)C2)c1. The lowest BCUT2D eigenvalue weighted by molar-refractivity contribution is 0.199. The molecule has 1 aliphatic rings. The zero-order valence-corrected chi connectivity index (χ0v) is 12.4. The van der Waals surface area contributed by atoms with Gasteiger partial charge >= 0.3 is 0 Å². The zero-order chi connectivity index (χ0) is 13.7. The van der Waals surface area contributed by atoms with E-state index in [2.05, 4.69) is 35.1 Å². The first-order valence-corrected chi connectivity index (χ1v) is 7.41. The van der Waals surface area contributed by atoms with Crippen LogP contribution >= 0.6 is 0 Å². The third-order valence-electron chi connectivity index (χ3n) is 3.99. The molecule has 4 heteroatoms. The highest BCUT2D eigenvalue weighted by Crippen LogP contribution is 2.35. The minimum absolute atomic E-state index is 0.589. The minimum Gasteiger partial charge on any atom is -0.383 e. The van der Waals surface area contributed by atoms with Crippen LogP contribution < -0.4 is 5.32 Å². The molecule has 19 heavy (non-hydrogen) atoms. The summed E-state index contributed by atoms with van der Waals surface area (Å²) in [4.78, 5) is 0. The maximum atomic E-state index is 5.02. The fourth-order valence-electron chi connectivity index (χ4n) is 3.20. The van der Waals surface area contributed by atoms with Crippen molar-refractivity contribution in [3.63, 3.8) is 0 Å². The van der Waals surface area contributed by atoms with Crippen LogP contribution in [0.15, 0.2) is 12.4 Å². The van der Waals surface area contributed by atoms with Gasteiger partial charge in [0.05, 0.1) is 18.8 Å². The van der Waals surface area contributed by atoms with Crippen LogP contribution in [0.4, 0.5) is 0 Å². The second-order valence-electron chi connectivity index (χ2n) is 6.07. The number of hydrogen-bond acceptors (Lipinski definition) is 3. The van der Waals surface area contributed by atoms with Crippen LogP contribution in [0, 0.1) is 11.8 Å². The third kappa shape index (κ3) is 4.32. The van der Waals surface area contributed by atoms with Crippen LogP contribution in [0.1, 0.15) is 44.7 Å². The lowest BCUT2D eigenvalue weighted by atomic mass is 9.80. The van der Waals surface area contributed by atoms with E-state index in [1.165, 1.54) is 24.8 Å². The molecule has 0 bridgehead atoms. The molecule has 2 atom stereocenters. The second-order valence-corrected chi connectivity index (χ2v) is 6.07. The van der Waals surface area contributed by atoms with Crippen molar-refractivity contribution >= 4 is 0 Å². The van der Waals surface area contributed by atoms with E-state index in [-0.39, 0.29) is 0 Å². The van der Waals surface area contributed by atoms with Gasteiger partial charge in [0.25, 0.3) is 0 Å². The number of nitrogens with zero attached hydrogens (tertiary/aromatic N) is 2. The number of nitrogens with one attached hydrogen (secondary N) is 1. The molecule has 1 aliphatic carbocycles. The van der Waals surface area contributed by atoms with Gasteiger partial charge in [-0.3, -0.25) is 4.68 Å². The maximum Gasteiger partial charge on any atom is 0.0587 e. The fourth-order valence-corrected chi connectivity index (χ4v) is 3.20. The van der Waals surface area contributed by atoms with Gasteiger partial charge < -0.3 is 10.1 Å². The van der Waals surface area contributed by atoms with Gasteiger partial charge in [-0.2, -0.15) is 5.10 Å². The van der Waals surface area contributed by atoms with E-state index in [4.69, 9.17) is 4.74 Å². The van der Waals surface area contributed by atoms with Gasteiger partial charge in [0.1, 0.15) is 0 Å². The summed E-state index contributed by atoms with van der Waals surface area (Å²) in [5.41, 5.74) is 1.27. The van der Waals surface area contributed by atoms with Crippen molar-refractivity contribution in [3.8, 4) is 0 Å². The number of hydrogen-bond donors (Lipinski definition) is 1.